The summed E-state index contributed by atoms with van der Waals surface area (Å²) in [7, 11) is 0. The van der Waals surface area contributed by atoms with Gasteiger partial charge < -0.3 is 4.90 Å². The Hall–Kier alpha value is -4.94. The van der Waals surface area contributed by atoms with Gasteiger partial charge in [0, 0.05) is 41.0 Å². The fourth-order valence-corrected chi connectivity index (χ4v) is 8.84. The van der Waals surface area contributed by atoms with Gasteiger partial charge in [-0.1, -0.05) is 214 Å². The van der Waals surface area contributed by atoms with Crippen LogP contribution in [0.2, 0.25) is 0 Å². The number of allylic oxidation sites excluding steroid dienone is 1. The number of carbonyl (C=O) groups is 2. The van der Waals surface area contributed by atoms with Gasteiger partial charge in [-0.25, -0.2) is 0 Å². The summed E-state index contributed by atoms with van der Waals surface area (Å²) < 4.78 is 0. The highest BCUT2D eigenvalue weighted by Gasteiger charge is 2.33. The Balaban J connectivity index is 1.15. The molecule has 0 saturated heterocycles. The normalized spacial score (nSPS) is 12.3. The van der Waals surface area contributed by atoms with E-state index in [9.17, 15) is 9.59 Å². The minimum absolute atomic E-state index is 0.211. The Kier molecular flexibility index (Phi) is 17.5. The first-order chi connectivity index (χ1) is 29.1. The molecule has 1 aliphatic carbocycles. The average molecular weight is 786 g/mol. The van der Waals surface area contributed by atoms with Gasteiger partial charge in [0.25, 0.3) is 0 Å². The lowest BCUT2D eigenvalue weighted by Crippen LogP contribution is -2.25. The molecule has 5 aromatic rings. The molecule has 1 aliphatic rings. The predicted octanol–water partition coefficient (Wildman–Crippen LogP) is 15.5. The van der Waals surface area contributed by atoms with Gasteiger partial charge in [0.2, 0.25) is 0 Å². The van der Waals surface area contributed by atoms with Crippen molar-refractivity contribution in [2.75, 3.05) is 18.0 Å². The summed E-state index contributed by atoms with van der Waals surface area (Å²) in [5.41, 5.74) is 5.30. The summed E-state index contributed by atoms with van der Waals surface area (Å²) >= 11 is 0. The van der Waals surface area contributed by atoms with Gasteiger partial charge in [-0.2, -0.15) is 0 Å². The Morgan fingerprint density at radius 2 is 0.831 bits per heavy atom. The third kappa shape index (κ3) is 12.1. The van der Waals surface area contributed by atoms with Crippen molar-refractivity contribution in [2.45, 2.75) is 142 Å². The van der Waals surface area contributed by atoms with Crippen LogP contribution in [0.1, 0.15) is 180 Å². The smallest absolute Gasteiger partial charge is 0.197 e. The summed E-state index contributed by atoms with van der Waals surface area (Å²) in [6.45, 7) is 6.81. The molecule has 3 heteroatoms. The van der Waals surface area contributed by atoms with E-state index in [0.29, 0.717) is 11.1 Å². The van der Waals surface area contributed by atoms with Crippen LogP contribution in [-0.4, -0.2) is 24.7 Å². The predicted molar refractivity (Wildman–Crippen MR) is 253 cm³/mol. The van der Waals surface area contributed by atoms with E-state index in [1.165, 1.54) is 134 Å². The number of rotatable bonds is 24. The molecule has 0 saturated carbocycles. The SMILES string of the molecule is CCCCCCCCCCCCN(CCCCCCCCCCCC)c1ccc(C#Cc2c3ccccc3c(C=C3C(=O)c4ccccc4C3=O)c3ccccc23)cc1. The molecule has 5 aromatic carbocycles. The van der Waals surface area contributed by atoms with E-state index in [1.54, 1.807) is 12.1 Å². The number of Topliss-reactive ketones (excluding diaryl/α,β-unsaturated/α-hetero) is 2. The minimum Gasteiger partial charge on any atom is -0.372 e. The van der Waals surface area contributed by atoms with Crippen molar-refractivity contribution in [1.29, 1.82) is 0 Å². The zero-order valence-electron chi connectivity index (χ0n) is 36.1. The van der Waals surface area contributed by atoms with E-state index in [2.05, 4.69) is 79.1 Å². The number of anilines is 1. The first-order valence-corrected chi connectivity index (χ1v) is 23.3. The number of hydrogen-bond donors (Lipinski definition) is 0. The molecule has 0 bridgehead atoms. The Labute approximate surface area is 355 Å². The molecule has 6 rings (SSSR count). The van der Waals surface area contributed by atoms with Crippen molar-refractivity contribution < 1.29 is 9.59 Å². The van der Waals surface area contributed by atoms with Crippen LogP contribution in [0.4, 0.5) is 5.69 Å². The summed E-state index contributed by atoms with van der Waals surface area (Å²) in [4.78, 5) is 29.5. The number of carbonyl (C=O) groups excluding carboxylic acids is 2. The van der Waals surface area contributed by atoms with E-state index in [-0.39, 0.29) is 17.1 Å². The standard InChI is InChI=1S/C56H67NO2/c1-3-5-7-9-11-13-15-17-19-27-41-57(42-28-20-18-16-14-12-10-8-6-4-2)45-38-35-44(36-39-45)37-40-50-46-29-21-23-31-48(46)53(49-32-24-22-30-47(49)50)43-54-55(58)51-33-25-26-34-52(51)56(54)59/h21-26,29-36,38-39,43H,3-20,27-28,41-42H2,1-2H3. The van der Waals surface area contributed by atoms with Crippen LogP contribution in [0.3, 0.4) is 0 Å². The van der Waals surface area contributed by atoms with Crippen LogP contribution in [0.15, 0.2) is 103 Å². The molecule has 0 N–H and O–H groups in total. The maximum absolute atomic E-state index is 13.4. The molecule has 0 amide bonds. The Bertz CT molecular complexity index is 2100. The average Bonchev–Trinajstić information content (AvgIpc) is 3.51. The van der Waals surface area contributed by atoms with Crippen LogP contribution in [0.5, 0.6) is 0 Å². The van der Waals surface area contributed by atoms with Gasteiger partial charge in [0.05, 0.1) is 5.57 Å². The molecule has 0 aliphatic heterocycles. The summed E-state index contributed by atoms with van der Waals surface area (Å²) in [5.74, 6) is 6.67. The minimum atomic E-state index is -0.211. The van der Waals surface area contributed by atoms with E-state index < -0.39 is 0 Å². The van der Waals surface area contributed by atoms with Gasteiger partial charge in [0.1, 0.15) is 0 Å². The summed E-state index contributed by atoms with van der Waals surface area (Å²) in [5, 5.41) is 3.97. The highest BCUT2D eigenvalue weighted by molar-refractivity contribution is 6.41. The maximum atomic E-state index is 13.4. The summed E-state index contributed by atoms with van der Waals surface area (Å²) in [6.07, 6.45) is 29.0. The topological polar surface area (TPSA) is 37.4 Å². The lowest BCUT2D eigenvalue weighted by atomic mass is 9.90. The molecule has 0 spiro atoms. The van der Waals surface area contributed by atoms with E-state index in [1.807, 2.05) is 42.5 Å². The zero-order valence-corrected chi connectivity index (χ0v) is 36.1. The van der Waals surface area contributed by atoms with Crippen molar-refractivity contribution in [2.24, 2.45) is 0 Å². The summed E-state index contributed by atoms with van der Waals surface area (Å²) in [6, 6.07) is 32.5. The van der Waals surface area contributed by atoms with Gasteiger partial charge in [-0.05, 0) is 70.3 Å². The van der Waals surface area contributed by atoms with Crippen molar-refractivity contribution in [3.05, 3.63) is 130 Å². The van der Waals surface area contributed by atoms with Crippen molar-refractivity contribution >= 4 is 44.9 Å². The molecule has 0 atom stereocenters. The number of nitrogens with zero attached hydrogens (tertiary/aromatic N) is 1. The molecule has 308 valence electrons. The number of hydrogen-bond acceptors (Lipinski definition) is 3. The molecule has 3 nitrogen and oxygen atoms in total. The molecule has 59 heavy (non-hydrogen) atoms. The van der Waals surface area contributed by atoms with Gasteiger partial charge in [0.15, 0.2) is 11.6 Å². The molecule has 0 heterocycles. The Morgan fingerprint density at radius 1 is 0.441 bits per heavy atom. The fourth-order valence-electron chi connectivity index (χ4n) is 8.84. The van der Waals surface area contributed by atoms with Gasteiger partial charge >= 0.3 is 0 Å². The third-order valence-electron chi connectivity index (χ3n) is 12.3. The molecule has 0 fully saturated rings. The third-order valence-corrected chi connectivity index (χ3v) is 12.3. The number of benzene rings is 5. The first-order valence-electron chi connectivity index (χ1n) is 23.3. The highest BCUT2D eigenvalue weighted by atomic mass is 16.2. The second-order valence-electron chi connectivity index (χ2n) is 16.8. The quantitative estimate of drug-likeness (QED) is 0.0206. The molecule has 0 aromatic heterocycles. The molecular weight excluding hydrogens is 719 g/mol. The monoisotopic (exact) mass is 786 g/mol. The largest absolute Gasteiger partial charge is 0.372 e. The molecular formula is C56H67NO2. The van der Waals surface area contributed by atoms with Crippen molar-refractivity contribution in [3.63, 3.8) is 0 Å². The van der Waals surface area contributed by atoms with Gasteiger partial charge in [-0.15, -0.1) is 0 Å². The lowest BCUT2D eigenvalue weighted by molar-refractivity contribution is 0.0990. The lowest BCUT2D eigenvalue weighted by Gasteiger charge is -2.25. The van der Waals surface area contributed by atoms with E-state index in [0.717, 1.165) is 51.3 Å². The Morgan fingerprint density at radius 3 is 1.27 bits per heavy atom. The van der Waals surface area contributed by atoms with Crippen LogP contribution < -0.4 is 4.90 Å². The number of ketones is 2. The van der Waals surface area contributed by atoms with E-state index in [4.69, 9.17) is 0 Å². The van der Waals surface area contributed by atoms with Gasteiger partial charge in [-0.3, -0.25) is 9.59 Å². The van der Waals surface area contributed by atoms with Crippen molar-refractivity contribution in [1.82, 2.24) is 0 Å². The van der Waals surface area contributed by atoms with Crippen molar-refractivity contribution in [3.8, 4) is 11.8 Å². The second kappa shape index (κ2) is 23.6. The fraction of sp³-hybridized carbons (Fsp3) is 0.429. The highest BCUT2D eigenvalue weighted by Crippen LogP contribution is 2.36. The molecule has 0 radical (unpaired) electrons. The van der Waals surface area contributed by atoms with Crippen LogP contribution in [0.25, 0.3) is 27.6 Å². The number of unbranched alkanes of at least 4 members (excludes halogenated alkanes) is 18. The molecule has 0 unspecified atom stereocenters. The maximum Gasteiger partial charge on any atom is 0.197 e. The van der Waals surface area contributed by atoms with Crippen LogP contribution in [-0.2, 0) is 0 Å². The number of fused-ring (bicyclic) bond motifs is 3. The van der Waals surface area contributed by atoms with Crippen LogP contribution >= 0.6 is 0 Å². The second-order valence-corrected chi connectivity index (χ2v) is 16.8. The zero-order chi connectivity index (χ0) is 41.1. The first kappa shape index (κ1) is 43.6. The van der Waals surface area contributed by atoms with E-state index >= 15 is 0 Å². The van der Waals surface area contributed by atoms with Crippen LogP contribution in [0, 0.1) is 11.8 Å².